The Kier molecular flexibility index (Phi) is 0.484. The van der Waals surface area contributed by atoms with E-state index in [2.05, 4.69) is 0 Å². The first-order chi connectivity index (χ1) is 2.39. The molecule has 1 radical (unpaired) electrons. The predicted octanol–water partition coefficient (Wildman–Crippen LogP) is 0.851. The second-order valence-corrected chi connectivity index (χ2v) is 1.10. The maximum Gasteiger partial charge on any atom is 0.119 e. The highest BCUT2D eigenvalue weighted by Gasteiger charge is 2.02. The lowest BCUT2D eigenvalue weighted by Crippen LogP contribution is -1.95. The van der Waals surface area contributed by atoms with Gasteiger partial charge in [0.15, 0.2) is 0 Å². The average molecular weight is 69.1 g/mol. The Bertz CT molecular complexity index is 56.7. The molecule has 0 saturated heterocycles. The summed E-state index contributed by atoms with van der Waals surface area (Å²) in [4.78, 5) is 0. The molecule has 0 saturated carbocycles. The van der Waals surface area contributed by atoms with Crippen molar-refractivity contribution in [2.45, 2.75) is 6.42 Å². The Morgan fingerprint density at radius 2 is 2.20 bits per heavy atom. The first-order valence-corrected chi connectivity index (χ1v) is 1.61. The molecule has 1 nitrogen and oxygen atoms in total. The van der Waals surface area contributed by atoms with E-state index in [1.165, 1.54) is 0 Å². The standard InChI is InChI=1S/C4H5O/c5-4-2-1-3-4/h1-2,5H,3H2. The van der Waals surface area contributed by atoms with Crippen molar-refractivity contribution in [1.29, 1.82) is 0 Å². The van der Waals surface area contributed by atoms with Crippen LogP contribution in [0.1, 0.15) is 6.42 Å². The SMILES string of the molecule is O[C]1C=CC1. The Balaban J connectivity index is 2.39. The van der Waals surface area contributed by atoms with Gasteiger partial charge < -0.3 is 5.11 Å². The monoisotopic (exact) mass is 69.0 g/mol. The van der Waals surface area contributed by atoms with Crippen LogP contribution < -0.4 is 0 Å². The van der Waals surface area contributed by atoms with E-state index in [1.807, 2.05) is 6.08 Å². The van der Waals surface area contributed by atoms with Crippen LogP contribution in [-0.4, -0.2) is 5.11 Å². The highest BCUT2D eigenvalue weighted by atomic mass is 16.3. The van der Waals surface area contributed by atoms with Gasteiger partial charge in [-0.05, 0) is 0 Å². The van der Waals surface area contributed by atoms with E-state index in [0.29, 0.717) is 6.10 Å². The van der Waals surface area contributed by atoms with Gasteiger partial charge in [0, 0.05) is 6.42 Å². The van der Waals surface area contributed by atoms with Gasteiger partial charge in [0.1, 0.15) is 6.10 Å². The van der Waals surface area contributed by atoms with Crippen molar-refractivity contribution >= 4 is 0 Å². The number of hydrogen-bond acceptors (Lipinski definition) is 1. The third-order valence-electron chi connectivity index (χ3n) is 0.637. The van der Waals surface area contributed by atoms with Crippen molar-refractivity contribution in [2.75, 3.05) is 0 Å². The molecule has 27 valence electrons. The molecule has 1 aliphatic carbocycles. The second-order valence-electron chi connectivity index (χ2n) is 1.10. The third-order valence-corrected chi connectivity index (χ3v) is 0.637. The van der Waals surface area contributed by atoms with Gasteiger partial charge in [-0.1, -0.05) is 12.2 Å². The van der Waals surface area contributed by atoms with Crippen LogP contribution in [0.3, 0.4) is 0 Å². The summed E-state index contributed by atoms with van der Waals surface area (Å²) in [5, 5.41) is 8.28. The van der Waals surface area contributed by atoms with Gasteiger partial charge in [0.2, 0.25) is 0 Å². The molecule has 1 N–H and O–H groups in total. The molecule has 0 aromatic rings. The minimum absolute atomic E-state index is 0.505. The predicted molar refractivity (Wildman–Crippen MR) is 18.9 cm³/mol. The van der Waals surface area contributed by atoms with Gasteiger partial charge in [-0.3, -0.25) is 0 Å². The minimum atomic E-state index is 0.505. The largest absolute Gasteiger partial charge is 0.382 e. The lowest BCUT2D eigenvalue weighted by molar-refractivity contribution is 0.318. The van der Waals surface area contributed by atoms with Crippen molar-refractivity contribution in [3.05, 3.63) is 18.3 Å². The van der Waals surface area contributed by atoms with Crippen LogP contribution in [0.4, 0.5) is 0 Å². The summed E-state index contributed by atoms with van der Waals surface area (Å²) in [7, 11) is 0. The fourth-order valence-electron chi connectivity index (χ4n) is 0.223. The molecular weight excluding hydrogens is 64.0 g/mol. The summed E-state index contributed by atoms with van der Waals surface area (Å²) < 4.78 is 0. The molecule has 0 aliphatic heterocycles. The second kappa shape index (κ2) is 0.830. The zero-order valence-electron chi connectivity index (χ0n) is 2.81. The van der Waals surface area contributed by atoms with E-state index in [4.69, 9.17) is 5.11 Å². The Labute approximate surface area is 30.9 Å². The molecule has 0 aromatic carbocycles. The Hall–Kier alpha value is -0.300. The van der Waals surface area contributed by atoms with Gasteiger partial charge in [-0.15, -0.1) is 0 Å². The van der Waals surface area contributed by atoms with E-state index in [9.17, 15) is 0 Å². The Morgan fingerprint density at radius 1 is 1.80 bits per heavy atom. The molecule has 0 atom stereocenters. The molecule has 0 fully saturated rings. The Morgan fingerprint density at radius 3 is 2.20 bits per heavy atom. The number of hydrogen-bond donors (Lipinski definition) is 1. The van der Waals surface area contributed by atoms with Gasteiger partial charge in [0.25, 0.3) is 0 Å². The molecule has 5 heavy (non-hydrogen) atoms. The molecule has 0 spiro atoms. The van der Waals surface area contributed by atoms with Gasteiger partial charge in [0.05, 0.1) is 0 Å². The third kappa shape index (κ3) is 0.329. The van der Waals surface area contributed by atoms with Crippen molar-refractivity contribution in [1.82, 2.24) is 0 Å². The molecule has 0 amide bonds. The maximum absolute atomic E-state index is 8.28. The van der Waals surface area contributed by atoms with E-state index >= 15 is 0 Å². The number of aliphatic hydroxyl groups is 1. The summed E-state index contributed by atoms with van der Waals surface area (Å²) in [6.45, 7) is 0. The molecular formula is C4H5O. The van der Waals surface area contributed by atoms with Crippen molar-refractivity contribution in [3.63, 3.8) is 0 Å². The molecule has 1 rings (SSSR count). The van der Waals surface area contributed by atoms with Crippen LogP contribution in [0.5, 0.6) is 0 Å². The highest BCUT2D eigenvalue weighted by molar-refractivity contribution is 5.15. The molecule has 0 heterocycles. The molecule has 1 heteroatoms. The number of rotatable bonds is 0. The van der Waals surface area contributed by atoms with Crippen LogP contribution in [-0.2, 0) is 0 Å². The van der Waals surface area contributed by atoms with Crippen molar-refractivity contribution in [2.24, 2.45) is 0 Å². The maximum atomic E-state index is 8.28. The van der Waals surface area contributed by atoms with E-state index < -0.39 is 0 Å². The van der Waals surface area contributed by atoms with Crippen LogP contribution >= 0.6 is 0 Å². The first kappa shape index (κ1) is 2.91. The fourth-order valence-corrected chi connectivity index (χ4v) is 0.223. The summed E-state index contributed by atoms with van der Waals surface area (Å²) >= 11 is 0. The van der Waals surface area contributed by atoms with E-state index in [1.54, 1.807) is 6.08 Å². The smallest absolute Gasteiger partial charge is 0.119 e. The molecule has 0 bridgehead atoms. The van der Waals surface area contributed by atoms with Gasteiger partial charge >= 0.3 is 0 Å². The van der Waals surface area contributed by atoms with Crippen molar-refractivity contribution < 1.29 is 5.11 Å². The fraction of sp³-hybridized carbons (Fsp3) is 0.250. The summed E-state index contributed by atoms with van der Waals surface area (Å²) in [6, 6.07) is 0. The van der Waals surface area contributed by atoms with Crippen molar-refractivity contribution in [3.8, 4) is 0 Å². The highest BCUT2D eigenvalue weighted by Crippen LogP contribution is 2.13. The quantitative estimate of drug-likeness (QED) is 0.447. The van der Waals surface area contributed by atoms with Crippen LogP contribution in [0.2, 0.25) is 0 Å². The van der Waals surface area contributed by atoms with Crippen LogP contribution in [0.15, 0.2) is 12.2 Å². The van der Waals surface area contributed by atoms with Crippen LogP contribution in [0, 0.1) is 6.10 Å². The molecule has 1 aliphatic rings. The first-order valence-electron chi connectivity index (χ1n) is 1.61. The normalized spacial score (nSPS) is 22.6. The summed E-state index contributed by atoms with van der Waals surface area (Å²) in [5.41, 5.74) is 0. The van der Waals surface area contributed by atoms with Crippen LogP contribution in [0.25, 0.3) is 0 Å². The zero-order valence-corrected chi connectivity index (χ0v) is 2.81. The van der Waals surface area contributed by atoms with E-state index in [-0.39, 0.29) is 0 Å². The molecule has 0 aromatic heterocycles. The lowest BCUT2D eigenvalue weighted by atomic mass is 10.1. The van der Waals surface area contributed by atoms with Gasteiger partial charge in [-0.2, -0.15) is 0 Å². The average Bonchev–Trinajstić information content (AvgIpc) is 1.30. The molecule has 0 unspecified atom stereocenters. The number of aliphatic hydroxyl groups excluding tert-OH is 1. The van der Waals surface area contributed by atoms with Gasteiger partial charge in [-0.25, -0.2) is 0 Å². The minimum Gasteiger partial charge on any atom is -0.382 e. The van der Waals surface area contributed by atoms with E-state index in [0.717, 1.165) is 6.42 Å². The zero-order chi connectivity index (χ0) is 3.70. The lowest BCUT2D eigenvalue weighted by Gasteiger charge is -2.05. The topological polar surface area (TPSA) is 20.2 Å². The summed E-state index contributed by atoms with van der Waals surface area (Å²) in [6.07, 6.45) is 4.89. The summed E-state index contributed by atoms with van der Waals surface area (Å²) in [5.74, 6) is 0.